The molecule has 1 saturated heterocycles. The third kappa shape index (κ3) is 3.81. The molecule has 0 radical (unpaired) electrons. The second-order valence-corrected chi connectivity index (χ2v) is 9.02. The summed E-state index contributed by atoms with van der Waals surface area (Å²) >= 11 is 0. The van der Waals surface area contributed by atoms with Crippen molar-refractivity contribution in [2.75, 3.05) is 13.1 Å². The van der Waals surface area contributed by atoms with Gasteiger partial charge in [0.1, 0.15) is 0 Å². The van der Waals surface area contributed by atoms with Gasteiger partial charge in [-0.2, -0.15) is 4.31 Å². The topological polar surface area (TPSA) is 66.5 Å². The average Bonchev–Trinajstić information content (AvgIpc) is 3.18. The molecule has 0 aromatic heterocycles. The molecule has 1 amide bonds. The fraction of sp³-hybridized carbons (Fsp3) is 0.350. The van der Waals surface area contributed by atoms with Gasteiger partial charge in [-0.3, -0.25) is 4.79 Å². The SMILES string of the molecule is CC(C)(NC(=O)c1ccc(S(=O)(=O)N2CCCC2)cc1)c1ccccc1. The first-order valence-corrected chi connectivity index (χ1v) is 10.2. The van der Waals surface area contributed by atoms with Crippen molar-refractivity contribution in [3.05, 3.63) is 65.7 Å². The molecule has 1 fully saturated rings. The predicted molar refractivity (Wildman–Crippen MR) is 101 cm³/mol. The molecule has 5 nitrogen and oxygen atoms in total. The maximum absolute atomic E-state index is 12.6. The second kappa shape index (κ2) is 7.21. The number of hydrogen-bond donors (Lipinski definition) is 1. The third-order valence-corrected chi connectivity index (χ3v) is 6.65. The van der Waals surface area contributed by atoms with E-state index in [4.69, 9.17) is 0 Å². The summed E-state index contributed by atoms with van der Waals surface area (Å²) in [4.78, 5) is 12.8. The van der Waals surface area contributed by atoms with Gasteiger partial charge in [-0.25, -0.2) is 8.42 Å². The van der Waals surface area contributed by atoms with Gasteiger partial charge in [-0.1, -0.05) is 30.3 Å². The first kappa shape index (κ1) is 18.6. The van der Waals surface area contributed by atoms with Crippen LogP contribution in [0.15, 0.2) is 59.5 Å². The van der Waals surface area contributed by atoms with Crippen molar-refractivity contribution in [3.8, 4) is 0 Å². The molecule has 0 aliphatic carbocycles. The quantitative estimate of drug-likeness (QED) is 0.877. The van der Waals surface area contributed by atoms with E-state index in [1.54, 1.807) is 12.1 Å². The minimum atomic E-state index is -3.46. The normalized spacial score (nSPS) is 15.8. The van der Waals surface area contributed by atoms with Crippen molar-refractivity contribution in [1.29, 1.82) is 0 Å². The molecule has 1 aliphatic rings. The van der Waals surface area contributed by atoms with Gasteiger partial charge in [0.05, 0.1) is 10.4 Å². The van der Waals surface area contributed by atoms with E-state index >= 15 is 0 Å². The summed E-state index contributed by atoms with van der Waals surface area (Å²) in [6, 6.07) is 15.9. The standard InChI is InChI=1S/C20H24N2O3S/c1-20(2,17-8-4-3-5-9-17)21-19(23)16-10-12-18(13-11-16)26(24,25)22-14-6-7-15-22/h3-5,8-13H,6-7,14-15H2,1-2H3,(H,21,23). The summed E-state index contributed by atoms with van der Waals surface area (Å²) in [5, 5.41) is 3.00. The smallest absolute Gasteiger partial charge is 0.251 e. The first-order valence-electron chi connectivity index (χ1n) is 8.79. The Morgan fingerprint density at radius 3 is 2.12 bits per heavy atom. The van der Waals surface area contributed by atoms with E-state index < -0.39 is 15.6 Å². The molecule has 1 N–H and O–H groups in total. The fourth-order valence-electron chi connectivity index (χ4n) is 3.14. The summed E-state index contributed by atoms with van der Waals surface area (Å²) < 4.78 is 26.6. The highest BCUT2D eigenvalue weighted by Gasteiger charge is 2.28. The zero-order chi connectivity index (χ0) is 18.8. The van der Waals surface area contributed by atoms with Crippen LogP contribution in [-0.2, 0) is 15.6 Å². The number of sulfonamides is 1. The van der Waals surface area contributed by atoms with Crippen LogP contribution in [0.25, 0.3) is 0 Å². The molecule has 1 aliphatic heterocycles. The largest absolute Gasteiger partial charge is 0.343 e. The number of benzene rings is 2. The van der Waals surface area contributed by atoms with Crippen molar-refractivity contribution >= 4 is 15.9 Å². The number of nitrogens with one attached hydrogen (secondary N) is 1. The van der Waals surface area contributed by atoms with Gasteiger partial charge in [0, 0.05) is 18.7 Å². The molecular formula is C20H24N2O3S. The Morgan fingerprint density at radius 2 is 1.54 bits per heavy atom. The Bertz CT molecular complexity index is 869. The van der Waals surface area contributed by atoms with E-state index in [9.17, 15) is 13.2 Å². The Morgan fingerprint density at radius 1 is 0.962 bits per heavy atom. The van der Waals surface area contributed by atoms with Crippen LogP contribution < -0.4 is 5.32 Å². The van der Waals surface area contributed by atoms with Crippen LogP contribution in [0.2, 0.25) is 0 Å². The lowest BCUT2D eigenvalue weighted by molar-refractivity contribution is 0.0912. The number of carbonyl (C=O) groups is 1. The van der Waals surface area contributed by atoms with Crippen molar-refractivity contribution in [1.82, 2.24) is 9.62 Å². The van der Waals surface area contributed by atoms with Crippen molar-refractivity contribution in [2.45, 2.75) is 37.1 Å². The van der Waals surface area contributed by atoms with Crippen LogP contribution in [0.4, 0.5) is 0 Å². The summed E-state index contributed by atoms with van der Waals surface area (Å²) in [5.74, 6) is -0.232. The number of hydrogen-bond acceptors (Lipinski definition) is 3. The molecular weight excluding hydrogens is 348 g/mol. The molecule has 6 heteroatoms. The molecule has 1 heterocycles. The van der Waals surface area contributed by atoms with E-state index in [2.05, 4.69) is 5.32 Å². The highest BCUT2D eigenvalue weighted by Crippen LogP contribution is 2.23. The lowest BCUT2D eigenvalue weighted by atomic mass is 9.94. The van der Waals surface area contributed by atoms with E-state index in [0.29, 0.717) is 18.7 Å². The van der Waals surface area contributed by atoms with Gasteiger partial charge >= 0.3 is 0 Å². The maximum atomic E-state index is 12.6. The molecule has 0 spiro atoms. The Labute approximate surface area is 155 Å². The Balaban J connectivity index is 1.75. The molecule has 2 aromatic rings. The molecule has 0 bridgehead atoms. The lowest BCUT2D eigenvalue weighted by Gasteiger charge is -2.27. The zero-order valence-corrected chi connectivity index (χ0v) is 15.9. The maximum Gasteiger partial charge on any atom is 0.251 e. The highest BCUT2D eigenvalue weighted by atomic mass is 32.2. The number of carbonyl (C=O) groups excluding carboxylic acids is 1. The number of rotatable bonds is 5. The summed E-state index contributed by atoms with van der Waals surface area (Å²) in [6.07, 6.45) is 1.79. The summed E-state index contributed by atoms with van der Waals surface area (Å²) in [6.45, 7) is 5.00. The number of nitrogens with zero attached hydrogens (tertiary/aromatic N) is 1. The van der Waals surface area contributed by atoms with Gasteiger partial charge in [0.25, 0.3) is 5.91 Å². The minimum Gasteiger partial charge on any atom is -0.343 e. The van der Waals surface area contributed by atoms with Crippen molar-refractivity contribution in [2.24, 2.45) is 0 Å². The molecule has 26 heavy (non-hydrogen) atoms. The van der Waals surface area contributed by atoms with Crippen molar-refractivity contribution in [3.63, 3.8) is 0 Å². The minimum absolute atomic E-state index is 0.232. The molecule has 0 atom stereocenters. The van der Waals surface area contributed by atoms with Gasteiger partial charge in [0.2, 0.25) is 10.0 Å². The van der Waals surface area contributed by atoms with Gasteiger partial charge in [0.15, 0.2) is 0 Å². The first-order chi connectivity index (χ1) is 12.3. The molecule has 2 aromatic carbocycles. The van der Waals surface area contributed by atoms with Crippen LogP contribution in [0, 0.1) is 0 Å². The zero-order valence-electron chi connectivity index (χ0n) is 15.1. The number of amides is 1. The third-order valence-electron chi connectivity index (χ3n) is 4.74. The summed E-state index contributed by atoms with van der Waals surface area (Å²) in [7, 11) is -3.46. The Kier molecular flexibility index (Phi) is 5.16. The molecule has 0 unspecified atom stereocenters. The van der Waals surface area contributed by atoms with Gasteiger partial charge in [-0.15, -0.1) is 0 Å². The van der Waals surface area contributed by atoms with E-state index in [0.717, 1.165) is 18.4 Å². The van der Waals surface area contributed by atoms with Crippen LogP contribution in [0.3, 0.4) is 0 Å². The van der Waals surface area contributed by atoms with Crippen LogP contribution in [0.5, 0.6) is 0 Å². The summed E-state index contributed by atoms with van der Waals surface area (Å²) in [5.41, 5.74) is 0.912. The molecule has 138 valence electrons. The fourth-order valence-corrected chi connectivity index (χ4v) is 4.66. The van der Waals surface area contributed by atoms with Crippen LogP contribution >= 0.6 is 0 Å². The monoisotopic (exact) mass is 372 g/mol. The average molecular weight is 372 g/mol. The van der Waals surface area contributed by atoms with Crippen LogP contribution in [0.1, 0.15) is 42.6 Å². The lowest BCUT2D eigenvalue weighted by Crippen LogP contribution is -2.41. The Hall–Kier alpha value is -2.18. The predicted octanol–water partition coefficient (Wildman–Crippen LogP) is 3.14. The highest BCUT2D eigenvalue weighted by molar-refractivity contribution is 7.89. The molecule has 3 rings (SSSR count). The molecule has 0 saturated carbocycles. The van der Waals surface area contributed by atoms with Crippen molar-refractivity contribution < 1.29 is 13.2 Å². The van der Waals surface area contributed by atoms with Gasteiger partial charge in [-0.05, 0) is 56.5 Å². The van der Waals surface area contributed by atoms with E-state index in [1.165, 1.54) is 16.4 Å². The van der Waals surface area contributed by atoms with E-state index in [-0.39, 0.29) is 10.8 Å². The second-order valence-electron chi connectivity index (χ2n) is 7.08. The van der Waals surface area contributed by atoms with E-state index in [1.807, 2.05) is 44.2 Å². The van der Waals surface area contributed by atoms with Gasteiger partial charge < -0.3 is 5.32 Å². The van der Waals surface area contributed by atoms with Crippen LogP contribution in [-0.4, -0.2) is 31.7 Å².